The van der Waals surface area contributed by atoms with E-state index in [1.807, 2.05) is 18.2 Å². The van der Waals surface area contributed by atoms with Gasteiger partial charge in [0.25, 0.3) is 0 Å². The van der Waals surface area contributed by atoms with Crippen LogP contribution < -0.4 is 11.1 Å². The minimum Gasteiger partial charge on any atom is -0.329 e. The fraction of sp³-hybridized carbons (Fsp3) is 0.455. The molecule has 1 aromatic rings. The maximum atomic E-state index is 6.18. The van der Waals surface area contributed by atoms with Gasteiger partial charge >= 0.3 is 0 Å². The number of hydrogen-bond acceptors (Lipinski definition) is 2. The Bertz CT molecular complexity index is 352. The molecule has 0 heterocycles. The molecular weight excluding hydrogens is 275 g/mol. The Kier molecular flexibility index (Phi) is 3.67. The second kappa shape index (κ2) is 4.83. The van der Waals surface area contributed by atoms with Crippen LogP contribution >= 0.6 is 27.5 Å². The fourth-order valence-electron chi connectivity index (χ4n) is 1.60. The van der Waals surface area contributed by atoms with E-state index >= 15 is 0 Å². The molecular formula is C11H14BrClN2. The number of nitrogens with one attached hydrogen (secondary N) is 1. The Labute approximate surface area is 103 Å². The maximum Gasteiger partial charge on any atom is 0.0465 e. The van der Waals surface area contributed by atoms with Crippen LogP contribution in [0.15, 0.2) is 22.7 Å². The first-order chi connectivity index (χ1) is 7.20. The highest BCUT2D eigenvalue weighted by Crippen LogP contribution is 2.29. The molecule has 0 bridgehead atoms. The van der Waals surface area contributed by atoms with Crippen molar-refractivity contribution in [3.05, 3.63) is 33.3 Å². The van der Waals surface area contributed by atoms with Crippen molar-refractivity contribution >= 4 is 27.5 Å². The van der Waals surface area contributed by atoms with Crippen LogP contribution in [0.4, 0.5) is 0 Å². The van der Waals surface area contributed by atoms with Crippen LogP contribution in [-0.4, -0.2) is 12.6 Å². The molecule has 82 valence electrons. The smallest absolute Gasteiger partial charge is 0.0465 e. The third-order valence-electron chi connectivity index (χ3n) is 2.59. The highest BCUT2D eigenvalue weighted by atomic mass is 79.9. The van der Waals surface area contributed by atoms with Gasteiger partial charge in [-0.05, 0) is 30.5 Å². The molecule has 1 unspecified atom stereocenters. The Hall–Kier alpha value is -0.0900. The Morgan fingerprint density at radius 3 is 2.80 bits per heavy atom. The van der Waals surface area contributed by atoms with Crippen LogP contribution in [0.5, 0.6) is 0 Å². The molecule has 1 saturated carbocycles. The van der Waals surface area contributed by atoms with E-state index in [0.29, 0.717) is 12.6 Å². The van der Waals surface area contributed by atoms with Gasteiger partial charge in [-0.25, -0.2) is 0 Å². The van der Waals surface area contributed by atoms with Crippen molar-refractivity contribution in [1.29, 1.82) is 0 Å². The summed E-state index contributed by atoms with van der Waals surface area (Å²) in [5.41, 5.74) is 6.85. The first-order valence-electron chi connectivity index (χ1n) is 5.12. The largest absolute Gasteiger partial charge is 0.329 e. The molecule has 0 saturated heterocycles. The molecule has 3 N–H and O–H groups in total. The van der Waals surface area contributed by atoms with Crippen molar-refractivity contribution in [2.45, 2.75) is 24.9 Å². The molecule has 1 aromatic carbocycles. The lowest BCUT2D eigenvalue weighted by Gasteiger charge is -2.18. The van der Waals surface area contributed by atoms with E-state index in [0.717, 1.165) is 15.1 Å². The van der Waals surface area contributed by atoms with Gasteiger partial charge in [0, 0.05) is 28.1 Å². The minimum absolute atomic E-state index is 0.179. The van der Waals surface area contributed by atoms with E-state index in [2.05, 4.69) is 21.2 Å². The van der Waals surface area contributed by atoms with Crippen LogP contribution in [0, 0.1) is 0 Å². The van der Waals surface area contributed by atoms with Crippen molar-refractivity contribution in [1.82, 2.24) is 5.32 Å². The van der Waals surface area contributed by atoms with Gasteiger partial charge in [0.05, 0.1) is 0 Å². The first kappa shape index (κ1) is 11.4. The van der Waals surface area contributed by atoms with Crippen molar-refractivity contribution in [2.24, 2.45) is 5.73 Å². The van der Waals surface area contributed by atoms with Gasteiger partial charge < -0.3 is 11.1 Å². The summed E-state index contributed by atoms with van der Waals surface area (Å²) >= 11 is 9.58. The van der Waals surface area contributed by atoms with Crippen LogP contribution in [0.1, 0.15) is 24.4 Å². The molecule has 1 fully saturated rings. The number of rotatable bonds is 4. The average Bonchev–Trinajstić information content (AvgIpc) is 2.99. The lowest BCUT2D eigenvalue weighted by atomic mass is 10.1. The number of halogens is 2. The second-order valence-electron chi connectivity index (χ2n) is 3.90. The van der Waals surface area contributed by atoms with Gasteiger partial charge in [0.15, 0.2) is 0 Å². The monoisotopic (exact) mass is 288 g/mol. The molecule has 15 heavy (non-hydrogen) atoms. The van der Waals surface area contributed by atoms with Crippen LogP contribution in [-0.2, 0) is 0 Å². The molecule has 2 nitrogen and oxygen atoms in total. The zero-order valence-electron chi connectivity index (χ0n) is 8.34. The van der Waals surface area contributed by atoms with E-state index < -0.39 is 0 Å². The van der Waals surface area contributed by atoms with Gasteiger partial charge in [-0.2, -0.15) is 0 Å². The zero-order valence-corrected chi connectivity index (χ0v) is 10.7. The fourth-order valence-corrected chi connectivity index (χ4v) is 2.41. The quantitative estimate of drug-likeness (QED) is 0.894. The predicted octanol–water partition coefficient (Wildman–Crippen LogP) is 2.85. The predicted molar refractivity (Wildman–Crippen MR) is 67.1 cm³/mol. The summed E-state index contributed by atoms with van der Waals surface area (Å²) in [5, 5.41) is 4.26. The Balaban J connectivity index is 2.16. The highest BCUT2D eigenvalue weighted by Gasteiger charge is 2.25. The average molecular weight is 290 g/mol. The molecule has 0 spiro atoms. The molecule has 4 heteroatoms. The van der Waals surface area contributed by atoms with E-state index in [1.165, 1.54) is 12.8 Å². The molecule has 0 radical (unpaired) electrons. The molecule has 0 aromatic heterocycles. The lowest BCUT2D eigenvalue weighted by molar-refractivity contribution is 0.539. The number of nitrogens with two attached hydrogens (primary N) is 1. The topological polar surface area (TPSA) is 38.0 Å². The van der Waals surface area contributed by atoms with Crippen molar-refractivity contribution in [3.63, 3.8) is 0 Å². The standard InChI is InChI=1S/C11H14BrClN2/c12-7-1-4-9(10(13)5-7)11(6-14)15-8-2-3-8/h1,4-5,8,11,15H,2-3,6,14H2. The van der Waals surface area contributed by atoms with E-state index in [1.54, 1.807) is 0 Å². The van der Waals surface area contributed by atoms with E-state index in [4.69, 9.17) is 17.3 Å². The Morgan fingerprint density at radius 2 is 2.27 bits per heavy atom. The Morgan fingerprint density at radius 1 is 1.53 bits per heavy atom. The van der Waals surface area contributed by atoms with Gasteiger partial charge in [0.2, 0.25) is 0 Å². The molecule has 1 atom stereocenters. The zero-order chi connectivity index (χ0) is 10.8. The minimum atomic E-state index is 0.179. The summed E-state index contributed by atoms with van der Waals surface area (Å²) in [4.78, 5) is 0. The van der Waals surface area contributed by atoms with E-state index in [-0.39, 0.29) is 6.04 Å². The second-order valence-corrected chi connectivity index (χ2v) is 5.22. The molecule has 2 rings (SSSR count). The third kappa shape index (κ3) is 2.94. The normalized spacial score (nSPS) is 17.8. The van der Waals surface area contributed by atoms with Crippen molar-refractivity contribution in [2.75, 3.05) is 6.54 Å². The molecule has 1 aliphatic carbocycles. The van der Waals surface area contributed by atoms with Gasteiger partial charge in [-0.15, -0.1) is 0 Å². The van der Waals surface area contributed by atoms with E-state index in [9.17, 15) is 0 Å². The van der Waals surface area contributed by atoms with Crippen LogP contribution in [0.3, 0.4) is 0 Å². The molecule has 1 aliphatic rings. The number of hydrogen-bond donors (Lipinski definition) is 2. The molecule has 0 aliphatic heterocycles. The summed E-state index contributed by atoms with van der Waals surface area (Å²) in [6.07, 6.45) is 2.51. The summed E-state index contributed by atoms with van der Waals surface area (Å²) < 4.78 is 0.999. The SMILES string of the molecule is NCC(NC1CC1)c1ccc(Br)cc1Cl. The van der Waals surface area contributed by atoms with Gasteiger partial charge in [-0.3, -0.25) is 0 Å². The summed E-state index contributed by atoms with van der Waals surface area (Å²) in [6.45, 7) is 0.581. The first-order valence-corrected chi connectivity index (χ1v) is 6.29. The van der Waals surface area contributed by atoms with Gasteiger partial charge in [-0.1, -0.05) is 33.6 Å². The molecule has 0 amide bonds. The van der Waals surface area contributed by atoms with Crippen LogP contribution in [0.25, 0.3) is 0 Å². The maximum absolute atomic E-state index is 6.18. The summed E-state index contributed by atoms with van der Waals surface area (Å²) in [7, 11) is 0. The summed E-state index contributed by atoms with van der Waals surface area (Å²) in [5.74, 6) is 0. The van der Waals surface area contributed by atoms with Crippen molar-refractivity contribution < 1.29 is 0 Å². The highest BCUT2D eigenvalue weighted by molar-refractivity contribution is 9.10. The third-order valence-corrected chi connectivity index (χ3v) is 3.41. The van der Waals surface area contributed by atoms with Crippen molar-refractivity contribution in [3.8, 4) is 0 Å². The van der Waals surface area contributed by atoms with Crippen LogP contribution in [0.2, 0.25) is 5.02 Å². The lowest BCUT2D eigenvalue weighted by Crippen LogP contribution is -2.30. The van der Waals surface area contributed by atoms with Gasteiger partial charge in [0.1, 0.15) is 0 Å². The number of benzene rings is 1. The summed E-state index contributed by atoms with van der Waals surface area (Å²) in [6, 6.07) is 6.75.